The van der Waals surface area contributed by atoms with E-state index in [9.17, 15) is 22.8 Å². The Labute approximate surface area is 115 Å². The summed E-state index contributed by atoms with van der Waals surface area (Å²) in [5.74, 6) is -1.80. The average Bonchev–Trinajstić information content (AvgIpc) is 2.73. The maximum Gasteiger partial charge on any atom is 0.406 e. The second-order valence-electron chi connectivity index (χ2n) is 5.54. The maximum absolute atomic E-state index is 13.0. The number of halogens is 3. The molecule has 1 saturated heterocycles. The van der Waals surface area contributed by atoms with Gasteiger partial charge >= 0.3 is 18.2 Å². The Bertz CT molecular complexity index is 398. The van der Waals surface area contributed by atoms with E-state index in [4.69, 9.17) is 5.11 Å². The molecule has 0 aromatic heterocycles. The van der Waals surface area contributed by atoms with Crippen molar-refractivity contribution < 1.29 is 27.9 Å². The third-order valence-electron chi connectivity index (χ3n) is 3.86. The van der Waals surface area contributed by atoms with E-state index in [2.05, 4.69) is 5.32 Å². The summed E-state index contributed by atoms with van der Waals surface area (Å²) in [6.45, 7) is 4.41. The molecular formula is C12H19F3N2O3. The number of aliphatic carboxylic acids is 1. The van der Waals surface area contributed by atoms with E-state index in [0.29, 0.717) is 0 Å². The van der Waals surface area contributed by atoms with Crippen molar-refractivity contribution in [2.75, 3.05) is 13.1 Å². The molecule has 1 rings (SSSR count). The first kappa shape index (κ1) is 16.6. The van der Waals surface area contributed by atoms with Gasteiger partial charge in [0.2, 0.25) is 0 Å². The van der Waals surface area contributed by atoms with E-state index in [0.717, 1.165) is 4.90 Å². The molecule has 20 heavy (non-hydrogen) atoms. The molecule has 0 bridgehead atoms. The number of carbonyl (C=O) groups is 2. The van der Waals surface area contributed by atoms with E-state index in [-0.39, 0.29) is 18.5 Å². The van der Waals surface area contributed by atoms with Gasteiger partial charge < -0.3 is 15.3 Å². The average molecular weight is 296 g/mol. The Morgan fingerprint density at radius 3 is 2.20 bits per heavy atom. The number of carboxylic acid groups (broad SMARTS) is 1. The van der Waals surface area contributed by atoms with Crippen LogP contribution in [0.25, 0.3) is 0 Å². The fourth-order valence-electron chi connectivity index (χ4n) is 1.96. The number of nitrogens with one attached hydrogen (secondary N) is 1. The van der Waals surface area contributed by atoms with Crippen molar-refractivity contribution in [3.05, 3.63) is 0 Å². The summed E-state index contributed by atoms with van der Waals surface area (Å²) in [7, 11) is 0. The van der Waals surface area contributed by atoms with E-state index in [1.165, 1.54) is 0 Å². The number of carboxylic acids is 1. The lowest BCUT2D eigenvalue weighted by molar-refractivity contribution is -0.226. The van der Waals surface area contributed by atoms with Gasteiger partial charge in [0.15, 0.2) is 5.41 Å². The minimum Gasteiger partial charge on any atom is -0.481 e. The highest BCUT2D eigenvalue weighted by Gasteiger charge is 2.64. The summed E-state index contributed by atoms with van der Waals surface area (Å²) in [6, 6.07) is -0.855. The van der Waals surface area contributed by atoms with Crippen molar-refractivity contribution >= 4 is 12.0 Å². The van der Waals surface area contributed by atoms with Crippen molar-refractivity contribution in [1.29, 1.82) is 0 Å². The molecule has 1 heterocycles. The van der Waals surface area contributed by atoms with Gasteiger partial charge in [-0.3, -0.25) is 4.79 Å². The highest BCUT2D eigenvalue weighted by Crippen LogP contribution is 2.45. The first-order valence-corrected chi connectivity index (χ1v) is 6.37. The lowest BCUT2D eigenvalue weighted by Gasteiger charge is -2.28. The van der Waals surface area contributed by atoms with Crippen LogP contribution < -0.4 is 5.32 Å². The summed E-state index contributed by atoms with van der Waals surface area (Å²) < 4.78 is 38.9. The van der Waals surface area contributed by atoms with Gasteiger partial charge in [0.25, 0.3) is 0 Å². The summed E-state index contributed by atoms with van der Waals surface area (Å²) in [5, 5.41) is 11.5. The van der Waals surface area contributed by atoms with E-state index >= 15 is 0 Å². The van der Waals surface area contributed by atoms with Crippen LogP contribution >= 0.6 is 0 Å². The second kappa shape index (κ2) is 5.49. The van der Waals surface area contributed by atoms with Crippen LogP contribution in [0.4, 0.5) is 18.0 Å². The van der Waals surface area contributed by atoms with Crippen molar-refractivity contribution in [3.8, 4) is 0 Å². The molecule has 0 radical (unpaired) electrons. The molecule has 1 fully saturated rings. The van der Waals surface area contributed by atoms with Gasteiger partial charge in [-0.25, -0.2) is 4.79 Å². The SMILES string of the molecule is CC(C)C(C)NC(=O)N1CCC(C(=O)O)(C(F)(F)F)C1. The molecule has 5 nitrogen and oxygen atoms in total. The van der Waals surface area contributed by atoms with Crippen LogP contribution in [0.3, 0.4) is 0 Å². The predicted octanol–water partition coefficient (Wildman–Crippen LogP) is 2.08. The minimum absolute atomic E-state index is 0.133. The topological polar surface area (TPSA) is 69.6 Å². The highest BCUT2D eigenvalue weighted by molar-refractivity contribution is 5.80. The first-order valence-electron chi connectivity index (χ1n) is 6.37. The smallest absolute Gasteiger partial charge is 0.406 e. The summed E-state index contributed by atoms with van der Waals surface area (Å²) in [6.07, 6.45) is -5.49. The van der Waals surface area contributed by atoms with Crippen LogP contribution in [0.2, 0.25) is 0 Å². The van der Waals surface area contributed by atoms with Crippen LogP contribution in [-0.4, -0.2) is 47.3 Å². The van der Waals surface area contributed by atoms with Crippen LogP contribution in [-0.2, 0) is 4.79 Å². The van der Waals surface area contributed by atoms with Gasteiger partial charge in [0, 0.05) is 19.1 Å². The molecular weight excluding hydrogens is 277 g/mol. The van der Waals surface area contributed by atoms with Crippen LogP contribution in [0.5, 0.6) is 0 Å². The van der Waals surface area contributed by atoms with Crippen LogP contribution in [0.1, 0.15) is 27.2 Å². The molecule has 116 valence electrons. The summed E-state index contributed by atoms with van der Waals surface area (Å²) in [5.41, 5.74) is -2.86. The van der Waals surface area contributed by atoms with Crippen molar-refractivity contribution in [3.63, 3.8) is 0 Å². The standard InChI is InChI=1S/C12H19F3N2O3/c1-7(2)8(3)16-10(20)17-5-4-11(6-17,9(18)19)12(13,14)15/h7-8H,4-6H2,1-3H3,(H,16,20)(H,18,19). The Balaban J connectivity index is 2.80. The van der Waals surface area contributed by atoms with E-state index in [1.807, 2.05) is 13.8 Å². The fraction of sp³-hybridized carbons (Fsp3) is 0.833. The number of hydrogen-bond donors (Lipinski definition) is 2. The third-order valence-corrected chi connectivity index (χ3v) is 3.86. The van der Waals surface area contributed by atoms with Crippen molar-refractivity contribution in [2.45, 2.75) is 39.4 Å². The Morgan fingerprint density at radius 1 is 1.30 bits per heavy atom. The number of alkyl halides is 3. The van der Waals surface area contributed by atoms with Gasteiger partial charge in [0.1, 0.15) is 0 Å². The molecule has 0 saturated carbocycles. The lowest BCUT2D eigenvalue weighted by atomic mass is 9.86. The molecule has 8 heteroatoms. The number of likely N-dealkylation sites (tertiary alicyclic amines) is 1. The molecule has 2 N–H and O–H groups in total. The molecule has 0 aliphatic carbocycles. The summed E-state index contributed by atoms with van der Waals surface area (Å²) in [4.78, 5) is 23.8. The normalized spacial score (nSPS) is 24.9. The number of nitrogens with zero attached hydrogens (tertiary/aromatic N) is 1. The number of carbonyl (C=O) groups excluding carboxylic acids is 1. The van der Waals surface area contributed by atoms with Crippen LogP contribution in [0, 0.1) is 11.3 Å². The molecule has 2 unspecified atom stereocenters. The number of urea groups is 1. The maximum atomic E-state index is 13.0. The van der Waals surface area contributed by atoms with E-state index < -0.39 is 36.6 Å². The predicted molar refractivity (Wildman–Crippen MR) is 65.1 cm³/mol. The van der Waals surface area contributed by atoms with Crippen molar-refractivity contribution in [2.24, 2.45) is 11.3 Å². The molecule has 2 atom stereocenters. The van der Waals surface area contributed by atoms with Crippen molar-refractivity contribution in [1.82, 2.24) is 10.2 Å². The zero-order valence-corrected chi connectivity index (χ0v) is 11.6. The third kappa shape index (κ3) is 2.99. The Kier molecular flexibility index (Phi) is 4.55. The Morgan fingerprint density at radius 2 is 1.85 bits per heavy atom. The van der Waals surface area contributed by atoms with Gasteiger partial charge in [-0.15, -0.1) is 0 Å². The van der Waals surface area contributed by atoms with Gasteiger partial charge in [-0.2, -0.15) is 13.2 Å². The largest absolute Gasteiger partial charge is 0.481 e. The molecule has 2 amide bonds. The second-order valence-corrected chi connectivity index (χ2v) is 5.54. The molecule has 1 aliphatic rings. The fourth-order valence-corrected chi connectivity index (χ4v) is 1.96. The minimum atomic E-state index is -4.88. The van der Waals surface area contributed by atoms with Gasteiger partial charge in [-0.05, 0) is 19.3 Å². The number of rotatable bonds is 3. The zero-order valence-electron chi connectivity index (χ0n) is 11.6. The number of amides is 2. The molecule has 0 spiro atoms. The number of hydrogen-bond acceptors (Lipinski definition) is 2. The van der Waals surface area contributed by atoms with Gasteiger partial charge in [0.05, 0.1) is 0 Å². The lowest BCUT2D eigenvalue weighted by Crippen LogP contribution is -2.50. The Hall–Kier alpha value is -1.47. The highest BCUT2D eigenvalue weighted by atomic mass is 19.4. The quantitative estimate of drug-likeness (QED) is 0.837. The van der Waals surface area contributed by atoms with Crippen LogP contribution in [0.15, 0.2) is 0 Å². The van der Waals surface area contributed by atoms with Gasteiger partial charge in [-0.1, -0.05) is 13.8 Å². The monoisotopic (exact) mass is 296 g/mol. The molecule has 1 aliphatic heterocycles. The molecule has 0 aromatic carbocycles. The molecule has 0 aromatic rings. The zero-order chi connectivity index (χ0) is 15.7. The first-order chi connectivity index (χ1) is 9.01. The van der Waals surface area contributed by atoms with E-state index in [1.54, 1.807) is 6.92 Å². The summed E-state index contributed by atoms with van der Waals surface area (Å²) >= 11 is 0.